The van der Waals surface area contributed by atoms with Gasteiger partial charge < -0.3 is 10.7 Å². The molecule has 3 aromatic carbocycles. The fourth-order valence-electron chi connectivity index (χ4n) is 2.44. The summed E-state index contributed by atoms with van der Waals surface area (Å²) in [6.45, 7) is 1.39. The maximum Gasteiger partial charge on any atom is 0.257 e. The van der Waals surface area contributed by atoms with Gasteiger partial charge in [-0.3, -0.25) is 4.79 Å². The molecule has 25 heavy (non-hydrogen) atoms. The molecule has 0 radical (unpaired) electrons. The molecule has 0 fully saturated rings. The molecule has 3 rings (SSSR count). The van der Waals surface area contributed by atoms with Crippen LogP contribution in [0.5, 0.6) is 0 Å². The molecule has 0 heterocycles. The van der Waals surface area contributed by atoms with Crippen molar-refractivity contribution < 1.29 is 13.2 Å². The minimum Gasteiger partial charge on any atom is -0.326 e. The number of fused-ring (bicyclic) bond motifs is 1. The van der Waals surface area contributed by atoms with E-state index >= 15 is 0 Å². The summed E-state index contributed by atoms with van der Waals surface area (Å²) in [6, 6.07) is 19.2. The molecule has 0 aliphatic carbocycles. The van der Waals surface area contributed by atoms with Crippen LogP contribution in [0.1, 0.15) is 6.92 Å². The van der Waals surface area contributed by atoms with Crippen LogP contribution < -0.4 is 15.6 Å². The zero-order valence-corrected chi connectivity index (χ0v) is 14.3. The second kappa shape index (κ2) is 6.92. The number of rotatable bonds is 5. The largest absolute Gasteiger partial charge is 0.326 e. The van der Waals surface area contributed by atoms with E-state index in [2.05, 4.69) is 15.6 Å². The number of benzene rings is 3. The molecule has 128 valence electrons. The Morgan fingerprint density at radius 3 is 2.28 bits per heavy atom. The summed E-state index contributed by atoms with van der Waals surface area (Å²) in [6.07, 6.45) is 0. The lowest BCUT2D eigenvalue weighted by atomic mass is 10.1. The molecule has 0 bridgehead atoms. The molecule has 6 nitrogen and oxygen atoms in total. The Hall–Kier alpha value is -2.90. The van der Waals surface area contributed by atoms with E-state index in [1.807, 2.05) is 36.4 Å². The molecule has 1 amide bonds. The molecule has 0 saturated carbocycles. The SMILES string of the molecule is CC(=O)Nc1ccc(S(=O)(=O)NNc2cccc3ccccc23)cc1. The van der Waals surface area contributed by atoms with E-state index in [1.54, 1.807) is 6.07 Å². The van der Waals surface area contributed by atoms with Gasteiger partial charge in [-0.1, -0.05) is 36.4 Å². The maximum absolute atomic E-state index is 12.4. The third-order valence-electron chi connectivity index (χ3n) is 3.59. The van der Waals surface area contributed by atoms with Crippen molar-refractivity contribution in [2.24, 2.45) is 0 Å². The van der Waals surface area contributed by atoms with E-state index in [1.165, 1.54) is 31.2 Å². The molecule has 0 aromatic heterocycles. The van der Waals surface area contributed by atoms with Crippen LogP contribution >= 0.6 is 0 Å². The van der Waals surface area contributed by atoms with Crippen LogP contribution in [0, 0.1) is 0 Å². The highest BCUT2D eigenvalue weighted by Crippen LogP contribution is 2.22. The fourth-order valence-corrected chi connectivity index (χ4v) is 3.29. The number of hydrazine groups is 1. The highest BCUT2D eigenvalue weighted by atomic mass is 32.2. The third kappa shape index (κ3) is 3.96. The molecule has 7 heteroatoms. The average molecular weight is 355 g/mol. The molecule has 3 N–H and O–H groups in total. The Kier molecular flexibility index (Phi) is 4.69. The van der Waals surface area contributed by atoms with Gasteiger partial charge >= 0.3 is 0 Å². The predicted octanol–water partition coefficient (Wildman–Crippen LogP) is 3.10. The van der Waals surface area contributed by atoms with Crippen molar-refractivity contribution in [2.45, 2.75) is 11.8 Å². The first-order chi connectivity index (χ1) is 12.0. The van der Waals surface area contributed by atoms with E-state index in [4.69, 9.17) is 0 Å². The van der Waals surface area contributed by atoms with Crippen molar-refractivity contribution in [1.82, 2.24) is 4.83 Å². The van der Waals surface area contributed by atoms with Gasteiger partial charge in [-0.25, -0.2) is 8.42 Å². The molecular formula is C18H17N3O3S. The van der Waals surface area contributed by atoms with Crippen LogP contribution in [0.2, 0.25) is 0 Å². The standard InChI is InChI=1S/C18H17N3O3S/c1-13(22)19-15-9-11-16(12-10-15)25(23,24)21-20-18-8-4-6-14-5-2-3-7-17(14)18/h2-12,20-21H,1H3,(H,19,22). The van der Waals surface area contributed by atoms with Crippen molar-refractivity contribution in [2.75, 3.05) is 10.7 Å². The van der Waals surface area contributed by atoms with E-state index in [0.717, 1.165) is 10.8 Å². The number of carbonyl (C=O) groups excluding carboxylic acids is 1. The number of hydrogen-bond donors (Lipinski definition) is 3. The van der Waals surface area contributed by atoms with Crippen molar-refractivity contribution in [3.05, 3.63) is 66.7 Å². The summed E-state index contributed by atoms with van der Waals surface area (Å²) in [4.78, 5) is 13.5. The Morgan fingerprint density at radius 1 is 0.880 bits per heavy atom. The number of hydrogen-bond acceptors (Lipinski definition) is 4. The molecule has 0 unspecified atom stereocenters. The van der Waals surface area contributed by atoms with Crippen LogP contribution in [0.4, 0.5) is 11.4 Å². The summed E-state index contributed by atoms with van der Waals surface area (Å²) >= 11 is 0. The maximum atomic E-state index is 12.4. The Balaban J connectivity index is 1.78. The van der Waals surface area contributed by atoms with Crippen molar-refractivity contribution in [1.29, 1.82) is 0 Å². The van der Waals surface area contributed by atoms with E-state index in [9.17, 15) is 13.2 Å². The lowest BCUT2D eigenvalue weighted by Crippen LogP contribution is -2.29. The highest BCUT2D eigenvalue weighted by molar-refractivity contribution is 7.89. The van der Waals surface area contributed by atoms with Crippen molar-refractivity contribution >= 4 is 38.1 Å². The van der Waals surface area contributed by atoms with Crippen LogP contribution in [0.3, 0.4) is 0 Å². The summed E-state index contributed by atoms with van der Waals surface area (Å²) in [7, 11) is -3.75. The van der Waals surface area contributed by atoms with E-state index < -0.39 is 10.0 Å². The average Bonchev–Trinajstić information content (AvgIpc) is 2.60. The normalized spacial score (nSPS) is 11.2. The summed E-state index contributed by atoms with van der Waals surface area (Å²) in [5, 5.41) is 4.51. The number of sulfonamides is 1. The molecule has 0 aliphatic rings. The molecule has 0 spiro atoms. The number of anilines is 2. The lowest BCUT2D eigenvalue weighted by Gasteiger charge is -2.12. The smallest absolute Gasteiger partial charge is 0.257 e. The zero-order chi connectivity index (χ0) is 17.9. The van der Waals surface area contributed by atoms with Crippen molar-refractivity contribution in [3.8, 4) is 0 Å². The van der Waals surface area contributed by atoms with Gasteiger partial charge in [0.15, 0.2) is 0 Å². The van der Waals surface area contributed by atoms with Gasteiger partial charge in [-0.05, 0) is 35.7 Å². The topological polar surface area (TPSA) is 87.3 Å². The Labute approximate surface area is 145 Å². The second-order valence-corrected chi connectivity index (χ2v) is 7.15. The Morgan fingerprint density at radius 2 is 1.56 bits per heavy atom. The minimum atomic E-state index is -3.75. The predicted molar refractivity (Wildman–Crippen MR) is 98.6 cm³/mol. The van der Waals surface area contributed by atoms with Gasteiger partial charge in [0, 0.05) is 18.0 Å². The second-order valence-electron chi connectivity index (χ2n) is 5.46. The minimum absolute atomic E-state index is 0.0920. The van der Waals surface area contributed by atoms with Gasteiger partial charge in [-0.15, -0.1) is 4.83 Å². The molecule has 0 saturated heterocycles. The van der Waals surface area contributed by atoms with Gasteiger partial charge in [0.25, 0.3) is 10.0 Å². The first kappa shape index (κ1) is 16.9. The van der Waals surface area contributed by atoms with Gasteiger partial charge in [0.1, 0.15) is 0 Å². The van der Waals surface area contributed by atoms with Gasteiger partial charge in [-0.2, -0.15) is 0 Å². The van der Waals surface area contributed by atoms with Gasteiger partial charge in [0.05, 0.1) is 10.6 Å². The summed E-state index contributed by atoms with van der Waals surface area (Å²) in [5.74, 6) is -0.216. The quantitative estimate of drug-likeness (QED) is 0.614. The molecule has 0 aliphatic heterocycles. The summed E-state index contributed by atoms with van der Waals surface area (Å²) < 4.78 is 24.8. The monoisotopic (exact) mass is 355 g/mol. The van der Waals surface area contributed by atoms with Gasteiger partial charge in [0.2, 0.25) is 5.91 Å². The molecular weight excluding hydrogens is 338 g/mol. The van der Waals surface area contributed by atoms with Crippen LogP contribution in [-0.2, 0) is 14.8 Å². The number of amides is 1. The van der Waals surface area contributed by atoms with Crippen LogP contribution in [0.25, 0.3) is 10.8 Å². The number of carbonyl (C=O) groups is 1. The number of nitrogens with one attached hydrogen (secondary N) is 3. The van der Waals surface area contributed by atoms with Crippen LogP contribution in [0.15, 0.2) is 71.6 Å². The molecule has 3 aromatic rings. The van der Waals surface area contributed by atoms with Crippen LogP contribution in [-0.4, -0.2) is 14.3 Å². The Bertz CT molecular complexity index is 1010. The fraction of sp³-hybridized carbons (Fsp3) is 0.0556. The lowest BCUT2D eigenvalue weighted by molar-refractivity contribution is -0.114. The van der Waals surface area contributed by atoms with E-state index in [0.29, 0.717) is 11.4 Å². The zero-order valence-electron chi connectivity index (χ0n) is 13.5. The molecule has 0 atom stereocenters. The van der Waals surface area contributed by atoms with Crippen molar-refractivity contribution in [3.63, 3.8) is 0 Å². The highest BCUT2D eigenvalue weighted by Gasteiger charge is 2.14. The third-order valence-corrected chi connectivity index (χ3v) is 4.86. The summed E-state index contributed by atoms with van der Waals surface area (Å²) in [5.41, 5.74) is 3.96. The first-order valence-electron chi connectivity index (χ1n) is 7.59. The first-order valence-corrected chi connectivity index (χ1v) is 9.07. The van der Waals surface area contributed by atoms with E-state index in [-0.39, 0.29) is 10.8 Å².